The molecule has 0 saturated heterocycles. The first-order valence-corrected chi connectivity index (χ1v) is 8.42. The standard InChI is InChI=1S/C20H16FNO5/c1-2-24-20(23)15-9-22-16-8-18-17(26-11-27-18)7-14(16)19(15)25-10-12-3-5-13(21)6-4-12/h3-9H,2,10-11H2,1H3. The first kappa shape index (κ1) is 17.1. The number of rotatable bonds is 5. The molecule has 2 aromatic carbocycles. The van der Waals surface area contributed by atoms with E-state index in [4.69, 9.17) is 18.9 Å². The summed E-state index contributed by atoms with van der Waals surface area (Å²) in [7, 11) is 0. The Morgan fingerprint density at radius 3 is 2.67 bits per heavy atom. The van der Waals surface area contributed by atoms with Gasteiger partial charge in [0, 0.05) is 17.6 Å². The highest BCUT2D eigenvalue weighted by molar-refractivity contribution is 6.00. The van der Waals surface area contributed by atoms with Crippen molar-refractivity contribution >= 4 is 16.9 Å². The van der Waals surface area contributed by atoms with Gasteiger partial charge in [-0.15, -0.1) is 0 Å². The van der Waals surface area contributed by atoms with Gasteiger partial charge in [-0.2, -0.15) is 0 Å². The summed E-state index contributed by atoms with van der Waals surface area (Å²) < 4.78 is 35.0. The smallest absolute Gasteiger partial charge is 0.343 e. The first-order valence-electron chi connectivity index (χ1n) is 8.42. The van der Waals surface area contributed by atoms with Crippen LogP contribution in [0.5, 0.6) is 17.2 Å². The van der Waals surface area contributed by atoms with Gasteiger partial charge in [0.1, 0.15) is 23.7 Å². The van der Waals surface area contributed by atoms with Crippen LogP contribution in [0, 0.1) is 5.82 Å². The number of hydrogen-bond acceptors (Lipinski definition) is 6. The third-order valence-electron chi connectivity index (χ3n) is 4.10. The maximum atomic E-state index is 13.1. The van der Waals surface area contributed by atoms with Crippen molar-refractivity contribution in [3.63, 3.8) is 0 Å². The van der Waals surface area contributed by atoms with Crippen LogP contribution in [0.2, 0.25) is 0 Å². The van der Waals surface area contributed by atoms with Crippen molar-refractivity contribution in [2.24, 2.45) is 0 Å². The summed E-state index contributed by atoms with van der Waals surface area (Å²) in [4.78, 5) is 16.7. The van der Waals surface area contributed by atoms with E-state index in [0.717, 1.165) is 5.56 Å². The zero-order chi connectivity index (χ0) is 18.8. The van der Waals surface area contributed by atoms with E-state index in [-0.39, 0.29) is 31.4 Å². The molecule has 4 rings (SSSR count). The third kappa shape index (κ3) is 3.36. The molecule has 7 heteroatoms. The van der Waals surface area contributed by atoms with E-state index in [1.807, 2.05) is 0 Å². The quantitative estimate of drug-likeness (QED) is 0.636. The van der Waals surface area contributed by atoms with Crippen molar-refractivity contribution in [2.45, 2.75) is 13.5 Å². The van der Waals surface area contributed by atoms with Crippen molar-refractivity contribution in [3.05, 3.63) is 59.5 Å². The van der Waals surface area contributed by atoms with Crippen LogP contribution in [0.25, 0.3) is 10.9 Å². The van der Waals surface area contributed by atoms with Crippen LogP contribution in [0.3, 0.4) is 0 Å². The summed E-state index contributed by atoms with van der Waals surface area (Å²) in [6.07, 6.45) is 1.42. The number of benzene rings is 2. The average molecular weight is 369 g/mol. The van der Waals surface area contributed by atoms with Crippen molar-refractivity contribution in [1.82, 2.24) is 4.98 Å². The van der Waals surface area contributed by atoms with Crippen molar-refractivity contribution in [2.75, 3.05) is 13.4 Å². The predicted molar refractivity (Wildman–Crippen MR) is 94.6 cm³/mol. The highest BCUT2D eigenvalue weighted by Crippen LogP contribution is 2.40. The Morgan fingerprint density at radius 2 is 1.93 bits per heavy atom. The molecule has 0 bridgehead atoms. The van der Waals surface area contributed by atoms with Gasteiger partial charge in [0.15, 0.2) is 11.5 Å². The minimum Gasteiger partial charge on any atom is -0.487 e. The van der Waals surface area contributed by atoms with Gasteiger partial charge in [-0.3, -0.25) is 4.98 Å². The molecule has 0 radical (unpaired) electrons. The van der Waals surface area contributed by atoms with Gasteiger partial charge in [-0.25, -0.2) is 9.18 Å². The van der Waals surface area contributed by atoms with Crippen LogP contribution in [-0.2, 0) is 11.3 Å². The summed E-state index contributed by atoms with van der Waals surface area (Å²) in [6.45, 7) is 2.24. The van der Waals surface area contributed by atoms with E-state index < -0.39 is 5.97 Å². The second-order valence-corrected chi connectivity index (χ2v) is 5.86. The maximum Gasteiger partial charge on any atom is 0.343 e. The van der Waals surface area contributed by atoms with Gasteiger partial charge in [-0.05, 0) is 30.7 Å². The molecule has 1 aromatic heterocycles. The molecule has 0 atom stereocenters. The largest absolute Gasteiger partial charge is 0.487 e. The Morgan fingerprint density at radius 1 is 1.19 bits per heavy atom. The minimum atomic E-state index is -0.529. The molecule has 0 unspecified atom stereocenters. The van der Waals surface area contributed by atoms with E-state index >= 15 is 0 Å². The monoisotopic (exact) mass is 369 g/mol. The van der Waals surface area contributed by atoms with Crippen LogP contribution in [0.1, 0.15) is 22.8 Å². The number of carbonyl (C=O) groups excluding carboxylic acids is 1. The summed E-state index contributed by atoms with van der Waals surface area (Å²) in [6, 6.07) is 9.42. The van der Waals surface area contributed by atoms with Gasteiger partial charge < -0.3 is 18.9 Å². The number of fused-ring (bicyclic) bond motifs is 2. The second kappa shape index (κ2) is 7.11. The number of esters is 1. The van der Waals surface area contributed by atoms with Crippen LogP contribution < -0.4 is 14.2 Å². The lowest BCUT2D eigenvalue weighted by molar-refractivity contribution is 0.0521. The van der Waals surface area contributed by atoms with E-state index in [9.17, 15) is 9.18 Å². The van der Waals surface area contributed by atoms with Crippen LogP contribution >= 0.6 is 0 Å². The summed E-state index contributed by atoms with van der Waals surface area (Å²) >= 11 is 0. The number of halogens is 1. The Labute approximate surface area is 154 Å². The molecule has 6 nitrogen and oxygen atoms in total. The van der Waals surface area contributed by atoms with Gasteiger partial charge in [0.2, 0.25) is 6.79 Å². The third-order valence-corrected chi connectivity index (χ3v) is 4.10. The minimum absolute atomic E-state index is 0.127. The number of pyridine rings is 1. The zero-order valence-electron chi connectivity index (χ0n) is 14.5. The molecule has 1 aliphatic rings. The highest BCUT2D eigenvalue weighted by Gasteiger charge is 2.22. The van der Waals surface area contributed by atoms with Crippen LogP contribution in [0.15, 0.2) is 42.6 Å². The lowest BCUT2D eigenvalue weighted by Crippen LogP contribution is -2.09. The SMILES string of the molecule is CCOC(=O)c1cnc2cc3c(cc2c1OCc1ccc(F)cc1)OCO3. The van der Waals surface area contributed by atoms with Crippen molar-refractivity contribution < 1.29 is 28.1 Å². The molecule has 0 N–H and O–H groups in total. The second-order valence-electron chi connectivity index (χ2n) is 5.86. The van der Waals surface area contributed by atoms with E-state index in [0.29, 0.717) is 28.2 Å². The lowest BCUT2D eigenvalue weighted by atomic mass is 10.1. The molecule has 0 amide bonds. The maximum absolute atomic E-state index is 13.1. The van der Waals surface area contributed by atoms with Gasteiger partial charge in [0.05, 0.1) is 12.1 Å². The number of hydrogen-bond donors (Lipinski definition) is 0. The summed E-state index contributed by atoms with van der Waals surface area (Å²) in [5, 5.41) is 0.604. The Balaban J connectivity index is 1.76. The number of carbonyl (C=O) groups is 1. The highest BCUT2D eigenvalue weighted by atomic mass is 19.1. The number of ether oxygens (including phenoxy) is 4. The molecular weight excluding hydrogens is 353 g/mol. The lowest BCUT2D eigenvalue weighted by Gasteiger charge is -2.14. The first-order chi connectivity index (χ1) is 13.2. The van der Waals surface area contributed by atoms with Gasteiger partial charge in [-0.1, -0.05) is 12.1 Å². The van der Waals surface area contributed by atoms with E-state index in [1.165, 1.54) is 18.3 Å². The molecule has 0 spiro atoms. The molecule has 3 aromatic rings. The summed E-state index contributed by atoms with van der Waals surface area (Å²) in [5.41, 5.74) is 1.57. The normalized spacial score (nSPS) is 12.2. The molecular formula is C20H16FNO5. The van der Waals surface area contributed by atoms with Crippen LogP contribution in [0.4, 0.5) is 4.39 Å². The number of aromatic nitrogens is 1. The number of nitrogens with zero attached hydrogens (tertiary/aromatic N) is 1. The molecule has 0 saturated carbocycles. The topological polar surface area (TPSA) is 66.9 Å². The zero-order valence-corrected chi connectivity index (χ0v) is 14.5. The van der Waals surface area contributed by atoms with Gasteiger partial charge in [0.25, 0.3) is 0 Å². The fourth-order valence-electron chi connectivity index (χ4n) is 2.80. The van der Waals surface area contributed by atoms with Crippen molar-refractivity contribution in [3.8, 4) is 17.2 Å². The fraction of sp³-hybridized carbons (Fsp3) is 0.200. The van der Waals surface area contributed by atoms with Crippen molar-refractivity contribution in [1.29, 1.82) is 0 Å². The molecule has 138 valence electrons. The predicted octanol–water partition coefficient (Wildman–Crippen LogP) is 3.86. The Kier molecular flexibility index (Phi) is 4.50. The molecule has 0 aliphatic carbocycles. The average Bonchev–Trinajstić information content (AvgIpc) is 3.13. The summed E-state index contributed by atoms with van der Waals surface area (Å²) in [5.74, 6) is 0.619. The molecule has 1 aliphatic heterocycles. The van der Waals surface area contributed by atoms with E-state index in [1.54, 1.807) is 31.2 Å². The molecule has 2 heterocycles. The van der Waals surface area contributed by atoms with Gasteiger partial charge >= 0.3 is 5.97 Å². The molecule has 27 heavy (non-hydrogen) atoms. The van der Waals surface area contributed by atoms with E-state index in [2.05, 4.69) is 4.98 Å². The fourth-order valence-corrected chi connectivity index (χ4v) is 2.80. The van der Waals surface area contributed by atoms with Crippen LogP contribution in [-0.4, -0.2) is 24.4 Å². The Hall–Kier alpha value is -3.35. The molecule has 0 fully saturated rings. The Bertz CT molecular complexity index is 1000.